The summed E-state index contributed by atoms with van der Waals surface area (Å²) in [5.74, 6) is -0.142. The third-order valence-electron chi connectivity index (χ3n) is 5.86. The summed E-state index contributed by atoms with van der Waals surface area (Å²) < 4.78 is 15.6. The number of aromatic amines is 1. The van der Waals surface area contributed by atoms with Crippen molar-refractivity contribution in [1.29, 1.82) is 0 Å². The third-order valence-corrected chi connectivity index (χ3v) is 5.86. The molecule has 4 aromatic rings. The van der Waals surface area contributed by atoms with Gasteiger partial charge in [-0.25, -0.2) is 4.39 Å². The van der Waals surface area contributed by atoms with Gasteiger partial charge in [-0.3, -0.25) is 0 Å². The first-order valence-electron chi connectivity index (χ1n) is 9.97. The molecule has 0 radical (unpaired) electrons. The number of aromatic nitrogens is 1. The third kappa shape index (κ3) is 2.62. The molecule has 28 heavy (non-hydrogen) atoms. The molecular formula is C25H23FN2. The maximum absolute atomic E-state index is 15.6. The second-order valence-corrected chi connectivity index (χ2v) is 7.72. The van der Waals surface area contributed by atoms with E-state index in [-0.39, 0.29) is 5.82 Å². The molecule has 1 heterocycles. The molecule has 3 aromatic carbocycles. The molecule has 0 fully saturated rings. The molecular weight excluding hydrogens is 347 g/mol. The predicted molar refractivity (Wildman–Crippen MR) is 115 cm³/mol. The Bertz CT molecular complexity index is 1190. The second kappa shape index (κ2) is 6.52. The van der Waals surface area contributed by atoms with Crippen LogP contribution in [-0.2, 0) is 12.8 Å². The molecule has 5 rings (SSSR count). The lowest BCUT2D eigenvalue weighted by Crippen LogP contribution is -1.93. The van der Waals surface area contributed by atoms with Crippen molar-refractivity contribution in [2.45, 2.75) is 32.6 Å². The number of aryl methyl sites for hydroxylation is 1. The van der Waals surface area contributed by atoms with E-state index in [0.717, 1.165) is 51.8 Å². The smallest absolute Gasteiger partial charge is 0.140 e. The van der Waals surface area contributed by atoms with Gasteiger partial charge < -0.3 is 10.7 Å². The van der Waals surface area contributed by atoms with Crippen LogP contribution in [0, 0.1) is 5.82 Å². The maximum Gasteiger partial charge on any atom is 0.140 e. The summed E-state index contributed by atoms with van der Waals surface area (Å²) >= 11 is 0. The fourth-order valence-electron chi connectivity index (χ4n) is 4.34. The van der Waals surface area contributed by atoms with Gasteiger partial charge in [0.1, 0.15) is 5.82 Å². The molecule has 3 N–H and O–H groups in total. The van der Waals surface area contributed by atoms with Crippen molar-refractivity contribution in [2.75, 3.05) is 5.73 Å². The molecule has 0 atom stereocenters. The number of nitrogens with one attached hydrogen (secondary N) is 1. The molecule has 140 valence electrons. The summed E-state index contributed by atoms with van der Waals surface area (Å²) in [7, 11) is 0. The maximum atomic E-state index is 15.6. The number of halogens is 1. The minimum absolute atomic E-state index is 0.142. The van der Waals surface area contributed by atoms with E-state index in [2.05, 4.69) is 30.1 Å². The number of nitrogens with two attached hydrogens (primary N) is 1. The van der Waals surface area contributed by atoms with Gasteiger partial charge in [0.2, 0.25) is 0 Å². The minimum Gasteiger partial charge on any atom is -0.399 e. The fraction of sp³-hybridized carbons (Fsp3) is 0.200. The molecule has 0 bridgehead atoms. The number of benzene rings is 3. The summed E-state index contributed by atoms with van der Waals surface area (Å²) in [5.41, 5.74) is 14.4. The molecule has 2 nitrogen and oxygen atoms in total. The largest absolute Gasteiger partial charge is 0.399 e. The van der Waals surface area contributed by atoms with Crippen molar-refractivity contribution < 1.29 is 4.39 Å². The molecule has 0 spiro atoms. The number of fused-ring (bicyclic) bond motifs is 5. The van der Waals surface area contributed by atoms with Crippen molar-refractivity contribution in [3.63, 3.8) is 0 Å². The van der Waals surface area contributed by atoms with Crippen LogP contribution in [-0.4, -0.2) is 4.98 Å². The number of rotatable bonds is 4. The highest BCUT2D eigenvalue weighted by molar-refractivity contribution is 5.96. The first-order valence-corrected chi connectivity index (χ1v) is 9.97. The van der Waals surface area contributed by atoms with E-state index in [1.165, 1.54) is 18.4 Å². The van der Waals surface area contributed by atoms with Gasteiger partial charge in [-0.15, -0.1) is 0 Å². The van der Waals surface area contributed by atoms with E-state index in [4.69, 9.17) is 5.73 Å². The number of hydrogen-bond acceptors (Lipinski definition) is 1. The minimum atomic E-state index is -0.142. The van der Waals surface area contributed by atoms with Crippen molar-refractivity contribution in [3.8, 4) is 22.4 Å². The lowest BCUT2D eigenvalue weighted by Gasteiger charge is -2.10. The number of nitrogen functional groups attached to an aromatic ring is 1. The van der Waals surface area contributed by atoms with Gasteiger partial charge in [0.15, 0.2) is 0 Å². The number of unbranched alkanes of at least 4 members (excludes halogenated alkanes) is 1. The van der Waals surface area contributed by atoms with Crippen LogP contribution in [0.3, 0.4) is 0 Å². The molecule has 0 aliphatic heterocycles. The van der Waals surface area contributed by atoms with Crippen LogP contribution in [0.5, 0.6) is 0 Å². The van der Waals surface area contributed by atoms with Gasteiger partial charge in [-0.2, -0.15) is 0 Å². The van der Waals surface area contributed by atoms with E-state index < -0.39 is 0 Å². The van der Waals surface area contributed by atoms with Crippen LogP contribution in [0.4, 0.5) is 10.1 Å². The molecule has 0 unspecified atom stereocenters. The number of H-pyrrole nitrogens is 1. The molecule has 1 aliphatic carbocycles. The molecule has 0 amide bonds. The summed E-state index contributed by atoms with van der Waals surface area (Å²) in [6.45, 7) is 2.20. The Balaban J connectivity index is 1.59. The van der Waals surface area contributed by atoms with Crippen molar-refractivity contribution in [3.05, 3.63) is 77.1 Å². The summed E-state index contributed by atoms with van der Waals surface area (Å²) in [4.78, 5) is 3.42. The van der Waals surface area contributed by atoms with Crippen molar-refractivity contribution in [1.82, 2.24) is 4.98 Å². The van der Waals surface area contributed by atoms with E-state index >= 15 is 4.39 Å². The molecule has 3 heteroatoms. The van der Waals surface area contributed by atoms with Crippen molar-refractivity contribution >= 4 is 16.6 Å². The van der Waals surface area contributed by atoms with Gasteiger partial charge in [0, 0.05) is 34.1 Å². The van der Waals surface area contributed by atoms with Gasteiger partial charge in [-0.1, -0.05) is 49.7 Å². The summed E-state index contributed by atoms with van der Waals surface area (Å²) in [6, 6.07) is 18.1. The van der Waals surface area contributed by atoms with Crippen LogP contribution in [0.15, 0.2) is 54.6 Å². The SMILES string of the molecule is CCCCc1ccc(-c2ccc3c(c2F)-c2[nH]c4ccc(N)cc4c2C3)cc1. The highest BCUT2D eigenvalue weighted by Crippen LogP contribution is 2.44. The Morgan fingerprint density at radius 1 is 1.04 bits per heavy atom. The molecule has 1 aliphatic rings. The molecule has 0 saturated heterocycles. The standard InChI is InChI=1S/C25H23FN2/c1-2-3-4-15-5-7-16(8-6-15)19-11-9-17-13-21-20-14-18(27)10-12-22(20)28-25(21)23(17)24(19)26/h5-12,14,28H,2-4,13,27H2,1H3. The quantitative estimate of drug-likeness (QED) is 0.350. The topological polar surface area (TPSA) is 41.8 Å². The Hall–Kier alpha value is -3.07. The zero-order valence-corrected chi connectivity index (χ0v) is 16.0. The van der Waals surface area contributed by atoms with E-state index in [1.54, 1.807) is 0 Å². The van der Waals surface area contributed by atoms with E-state index in [0.29, 0.717) is 11.1 Å². The zero-order valence-electron chi connectivity index (χ0n) is 16.0. The summed E-state index contributed by atoms with van der Waals surface area (Å²) in [6.07, 6.45) is 4.17. The molecule has 0 saturated carbocycles. The van der Waals surface area contributed by atoms with E-state index in [1.807, 2.05) is 36.4 Å². The first kappa shape index (κ1) is 17.1. The summed E-state index contributed by atoms with van der Waals surface area (Å²) in [5, 5.41) is 1.09. The van der Waals surface area contributed by atoms with Gasteiger partial charge in [0.25, 0.3) is 0 Å². The number of hydrogen-bond donors (Lipinski definition) is 2. The predicted octanol–water partition coefficient (Wildman–Crippen LogP) is 6.47. The first-order chi connectivity index (χ1) is 13.7. The number of anilines is 1. The van der Waals surface area contributed by atoms with Gasteiger partial charge in [-0.05, 0) is 53.3 Å². The van der Waals surface area contributed by atoms with Gasteiger partial charge >= 0.3 is 0 Å². The molecule has 1 aromatic heterocycles. The van der Waals surface area contributed by atoms with Crippen molar-refractivity contribution in [2.24, 2.45) is 0 Å². The van der Waals surface area contributed by atoms with Gasteiger partial charge in [0.05, 0.1) is 5.69 Å². The van der Waals surface area contributed by atoms with Crippen LogP contribution in [0.2, 0.25) is 0 Å². The lowest BCUT2D eigenvalue weighted by atomic mass is 9.97. The average Bonchev–Trinajstić information content (AvgIpc) is 3.23. The monoisotopic (exact) mass is 370 g/mol. The lowest BCUT2D eigenvalue weighted by molar-refractivity contribution is 0.634. The fourth-order valence-corrected chi connectivity index (χ4v) is 4.34. The Morgan fingerprint density at radius 3 is 2.64 bits per heavy atom. The van der Waals surface area contributed by atoms with Crippen LogP contribution >= 0.6 is 0 Å². The zero-order chi connectivity index (χ0) is 19.3. The Labute approximate surface area is 164 Å². The highest BCUT2D eigenvalue weighted by atomic mass is 19.1. The Morgan fingerprint density at radius 2 is 1.86 bits per heavy atom. The van der Waals surface area contributed by atoms with E-state index in [9.17, 15) is 0 Å². The average molecular weight is 370 g/mol. The van der Waals surface area contributed by atoms with Crippen LogP contribution < -0.4 is 5.73 Å². The van der Waals surface area contributed by atoms with Crippen LogP contribution in [0.1, 0.15) is 36.5 Å². The Kier molecular flexibility index (Phi) is 3.97. The second-order valence-electron chi connectivity index (χ2n) is 7.72. The highest BCUT2D eigenvalue weighted by Gasteiger charge is 2.27. The normalized spacial score (nSPS) is 12.4. The van der Waals surface area contributed by atoms with Crippen LogP contribution in [0.25, 0.3) is 33.3 Å².